The molecule has 1 fully saturated rings. The highest BCUT2D eigenvalue weighted by Crippen LogP contribution is 2.24. The molecule has 1 atom stereocenters. The van der Waals surface area contributed by atoms with Crippen LogP contribution in [-0.4, -0.2) is 56.7 Å². The Balaban J connectivity index is 1.71. The van der Waals surface area contributed by atoms with E-state index in [2.05, 4.69) is 15.5 Å². The molecular weight excluding hydrogens is 370 g/mol. The third kappa shape index (κ3) is 5.79. The number of carbonyl (C=O) groups excluding carboxylic acids is 2. The summed E-state index contributed by atoms with van der Waals surface area (Å²) in [7, 11) is 1.64. The van der Waals surface area contributed by atoms with Crippen LogP contribution in [0.25, 0.3) is 0 Å². The number of ether oxygens (including phenoxy) is 2. The SMILES string of the molecule is COc1ccc(C(CNC(=O)c2cccc(NC(C)=O)c2)N2CCOCC2)cc1. The number of rotatable bonds is 7. The fourth-order valence-electron chi connectivity index (χ4n) is 3.41. The summed E-state index contributed by atoms with van der Waals surface area (Å²) in [5, 5.41) is 5.74. The van der Waals surface area contributed by atoms with Crippen LogP contribution in [-0.2, 0) is 9.53 Å². The molecule has 1 aliphatic heterocycles. The van der Waals surface area contributed by atoms with E-state index in [1.165, 1.54) is 6.92 Å². The fraction of sp³-hybridized carbons (Fsp3) is 0.364. The van der Waals surface area contributed by atoms with Crippen molar-refractivity contribution in [1.29, 1.82) is 0 Å². The van der Waals surface area contributed by atoms with E-state index in [0.717, 1.165) is 24.4 Å². The highest BCUT2D eigenvalue weighted by molar-refractivity contribution is 5.96. The topological polar surface area (TPSA) is 79.9 Å². The Labute approximate surface area is 171 Å². The molecule has 0 saturated carbocycles. The summed E-state index contributed by atoms with van der Waals surface area (Å²) in [6.45, 7) is 4.89. The van der Waals surface area contributed by atoms with Gasteiger partial charge < -0.3 is 20.1 Å². The number of amides is 2. The van der Waals surface area contributed by atoms with Crippen molar-refractivity contribution in [3.8, 4) is 5.75 Å². The maximum Gasteiger partial charge on any atom is 0.251 e. The third-order valence-electron chi connectivity index (χ3n) is 4.89. The lowest BCUT2D eigenvalue weighted by Crippen LogP contribution is -2.43. The molecule has 2 aromatic rings. The Morgan fingerprint density at radius 3 is 2.52 bits per heavy atom. The number of nitrogens with one attached hydrogen (secondary N) is 2. The van der Waals surface area contributed by atoms with E-state index in [1.54, 1.807) is 31.4 Å². The van der Waals surface area contributed by atoms with Crippen molar-refractivity contribution in [2.75, 3.05) is 45.3 Å². The van der Waals surface area contributed by atoms with Crippen molar-refractivity contribution >= 4 is 17.5 Å². The Morgan fingerprint density at radius 2 is 1.86 bits per heavy atom. The number of carbonyl (C=O) groups is 2. The van der Waals surface area contributed by atoms with E-state index in [9.17, 15) is 9.59 Å². The van der Waals surface area contributed by atoms with Gasteiger partial charge in [0.1, 0.15) is 5.75 Å². The molecule has 0 spiro atoms. The van der Waals surface area contributed by atoms with Gasteiger partial charge in [-0.15, -0.1) is 0 Å². The number of hydrogen-bond donors (Lipinski definition) is 2. The van der Waals surface area contributed by atoms with Gasteiger partial charge in [0.25, 0.3) is 5.91 Å². The molecule has 1 unspecified atom stereocenters. The van der Waals surface area contributed by atoms with Crippen molar-refractivity contribution < 1.29 is 19.1 Å². The average molecular weight is 397 g/mol. The molecule has 2 amide bonds. The third-order valence-corrected chi connectivity index (χ3v) is 4.89. The van der Waals surface area contributed by atoms with E-state index < -0.39 is 0 Å². The number of anilines is 1. The number of methoxy groups -OCH3 is 1. The predicted octanol–water partition coefficient (Wildman–Crippen LogP) is 2.46. The number of benzene rings is 2. The molecule has 0 aromatic heterocycles. The second kappa shape index (κ2) is 10.0. The van der Waals surface area contributed by atoms with Crippen LogP contribution in [0.3, 0.4) is 0 Å². The zero-order valence-electron chi connectivity index (χ0n) is 16.8. The van der Waals surface area contributed by atoms with Crippen molar-refractivity contribution in [3.05, 3.63) is 59.7 Å². The zero-order valence-corrected chi connectivity index (χ0v) is 16.8. The van der Waals surface area contributed by atoms with Gasteiger partial charge in [0.05, 0.1) is 26.4 Å². The van der Waals surface area contributed by atoms with E-state index in [4.69, 9.17) is 9.47 Å². The first-order valence-corrected chi connectivity index (χ1v) is 9.68. The second-order valence-corrected chi connectivity index (χ2v) is 6.91. The molecule has 0 bridgehead atoms. The maximum atomic E-state index is 12.7. The minimum absolute atomic E-state index is 0.0345. The molecule has 1 heterocycles. The van der Waals surface area contributed by atoms with Gasteiger partial charge >= 0.3 is 0 Å². The van der Waals surface area contributed by atoms with Gasteiger partial charge in [-0.25, -0.2) is 0 Å². The molecule has 2 N–H and O–H groups in total. The van der Waals surface area contributed by atoms with Crippen LogP contribution in [0.5, 0.6) is 5.75 Å². The summed E-state index contributed by atoms with van der Waals surface area (Å²) in [6, 6.07) is 14.9. The van der Waals surface area contributed by atoms with Crippen LogP contribution in [0.2, 0.25) is 0 Å². The average Bonchev–Trinajstić information content (AvgIpc) is 2.74. The Hall–Kier alpha value is -2.90. The lowest BCUT2D eigenvalue weighted by Gasteiger charge is -2.35. The summed E-state index contributed by atoms with van der Waals surface area (Å²) in [6.07, 6.45) is 0. The van der Waals surface area contributed by atoms with Crippen LogP contribution in [0, 0.1) is 0 Å². The molecule has 2 aromatic carbocycles. The number of nitrogens with zero attached hydrogens (tertiary/aromatic N) is 1. The zero-order chi connectivity index (χ0) is 20.6. The van der Waals surface area contributed by atoms with Gasteiger partial charge in [0, 0.05) is 37.8 Å². The minimum atomic E-state index is -0.177. The molecule has 1 saturated heterocycles. The second-order valence-electron chi connectivity index (χ2n) is 6.91. The molecule has 0 aliphatic carbocycles. The Morgan fingerprint density at radius 1 is 1.14 bits per heavy atom. The smallest absolute Gasteiger partial charge is 0.251 e. The monoisotopic (exact) mass is 397 g/mol. The molecule has 1 aliphatic rings. The molecule has 154 valence electrons. The van der Waals surface area contributed by atoms with Gasteiger partial charge in [0.15, 0.2) is 0 Å². The van der Waals surface area contributed by atoms with Gasteiger partial charge in [0.2, 0.25) is 5.91 Å². The van der Waals surface area contributed by atoms with Crippen molar-refractivity contribution in [2.24, 2.45) is 0 Å². The lowest BCUT2D eigenvalue weighted by molar-refractivity contribution is -0.114. The van der Waals surface area contributed by atoms with E-state index in [-0.39, 0.29) is 17.9 Å². The molecule has 7 nitrogen and oxygen atoms in total. The predicted molar refractivity (Wildman–Crippen MR) is 111 cm³/mol. The first kappa shape index (κ1) is 20.8. The molecule has 7 heteroatoms. The largest absolute Gasteiger partial charge is 0.497 e. The van der Waals surface area contributed by atoms with Crippen LogP contribution in [0.1, 0.15) is 28.9 Å². The highest BCUT2D eigenvalue weighted by atomic mass is 16.5. The van der Waals surface area contributed by atoms with Gasteiger partial charge in [-0.2, -0.15) is 0 Å². The molecule has 0 radical (unpaired) electrons. The van der Waals surface area contributed by atoms with Gasteiger partial charge in [-0.3, -0.25) is 14.5 Å². The summed E-state index contributed by atoms with van der Waals surface area (Å²) in [4.78, 5) is 26.3. The van der Waals surface area contributed by atoms with Crippen LogP contribution in [0.15, 0.2) is 48.5 Å². The summed E-state index contributed by atoms with van der Waals surface area (Å²) >= 11 is 0. The van der Waals surface area contributed by atoms with Crippen LogP contribution in [0.4, 0.5) is 5.69 Å². The number of morpholine rings is 1. The quantitative estimate of drug-likeness (QED) is 0.750. The summed E-state index contributed by atoms with van der Waals surface area (Å²) < 4.78 is 10.7. The first-order valence-electron chi connectivity index (χ1n) is 9.68. The molecular formula is C22H27N3O4. The van der Waals surface area contributed by atoms with E-state index in [0.29, 0.717) is 31.0 Å². The fourth-order valence-corrected chi connectivity index (χ4v) is 3.41. The molecule has 29 heavy (non-hydrogen) atoms. The van der Waals surface area contributed by atoms with Crippen molar-refractivity contribution in [2.45, 2.75) is 13.0 Å². The normalized spacial score (nSPS) is 15.4. The van der Waals surface area contributed by atoms with E-state index >= 15 is 0 Å². The van der Waals surface area contributed by atoms with Crippen molar-refractivity contribution in [3.63, 3.8) is 0 Å². The first-order chi connectivity index (χ1) is 14.1. The summed E-state index contributed by atoms with van der Waals surface area (Å²) in [5.41, 5.74) is 2.22. The van der Waals surface area contributed by atoms with Crippen LogP contribution < -0.4 is 15.4 Å². The Bertz CT molecular complexity index is 832. The van der Waals surface area contributed by atoms with E-state index in [1.807, 2.05) is 24.3 Å². The molecule has 3 rings (SSSR count). The standard InChI is InChI=1S/C22H27N3O4/c1-16(26)24-19-5-3-4-18(14-19)22(27)23-15-21(25-10-12-29-13-11-25)17-6-8-20(28-2)9-7-17/h3-9,14,21H,10-13,15H2,1-2H3,(H,23,27)(H,24,26). The highest BCUT2D eigenvalue weighted by Gasteiger charge is 2.23. The Kier molecular flexibility index (Phi) is 7.21. The summed E-state index contributed by atoms with van der Waals surface area (Å²) in [5.74, 6) is 0.451. The van der Waals surface area contributed by atoms with Gasteiger partial charge in [-0.1, -0.05) is 18.2 Å². The maximum absolute atomic E-state index is 12.7. The van der Waals surface area contributed by atoms with Crippen molar-refractivity contribution in [1.82, 2.24) is 10.2 Å². The lowest BCUT2D eigenvalue weighted by atomic mass is 10.0. The minimum Gasteiger partial charge on any atom is -0.497 e. The van der Waals surface area contributed by atoms with Crippen LogP contribution >= 0.6 is 0 Å². The van der Waals surface area contributed by atoms with Gasteiger partial charge in [-0.05, 0) is 35.9 Å². The number of hydrogen-bond acceptors (Lipinski definition) is 5.